The second-order valence-corrected chi connectivity index (χ2v) is 5.36. The van der Waals surface area contributed by atoms with Crippen molar-refractivity contribution >= 4 is 11.9 Å². The van der Waals surface area contributed by atoms with E-state index in [-0.39, 0.29) is 23.2 Å². The van der Waals surface area contributed by atoms with E-state index < -0.39 is 0 Å². The molecule has 4 heteroatoms. The Morgan fingerprint density at radius 3 is 2.44 bits per heavy atom. The molecule has 0 N–H and O–H groups in total. The zero-order chi connectivity index (χ0) is 12.3. The van der Waals surface area contributed by atoms with Crippen LogP contribution in [0.1, 0.15) is 33.6 Å². The Hall–Kier alpha value is -1.06. The molecule has 1 aliphatic heterocycles. The van der Waals surface area contributed by atoms with E-state index in [4.69, 9.17) is 4.74 Å². The maximum Gasteiger partial charge on any atom is 0.310 e. The first-order valence-electron chi connectivity index (χ1n) is 5.73. The largest absolute Gasteiger partial charge is 0.469 e. The highest BCUT2D eigenvalue weighted by Gasteiger charge is 2.33. The average molecular weight is 227 g/mol. The van der Waals surface area contributed by atoms with Crippen LogP contribution in [0.25, 0.3) is 0 Å². The van der Waals surface area contributed by atoms with Gasteiger partial charge in [0, 0.05) is 18.5 Å². The molecule has 0 spiro atoms. The molecule has 0 aromatic rings. The molecular weight excluding hydrogens is 206 g/mol. The van der Waals surface area contributed by atoms with Gasteiger partial charge in [-0.2, -0.15) is 0 Å². The lowest BCUT2D eigenvalue weighted by atomic mass is 9.91. The van der Waals surface area contributed by atoms with Crippen molar-refractivity contribution in [3.63, 3.8) is 0 Å². The van der Waals surface area contributed by atoms with Crippen LogP contribution in [0.5, 0.6) is 0 Å². The summed E-state index contributed by atoms with van der Waals surface area (Å²) < 4.78 is 4.73. The summed E-state index contributed by atoms with van der Waals surface area (Å²) in [6, 6.07) is 0. The number of carbonyl (C=O) groups is 2. The Morgan fingerprint density at radius 1 is 1.31 bits per heavy atom. The van der Waals surface area contributed by atoms with Gasteiger partial charge >= 0.3 is 5.97 Å². The number of nitrogens with zero attached hydrogens (tertiary/aromatic N) is 1. The molecule has 1 atom stereocenters. The molecule has 0 aliphatic carbocycles. The third-order valence-corrected chi connectivity index (χ3v) is 2.88. The second kappa shape index (κ2) is 4.85. The Morgan fingerprint density at radius 2 is 1.94 bits per heavy atom. The van der Waals surface area contributed by atoms with Crippen LogP contribution in [0, 0.1) is 11.3 Å². The molecule has 0 radical (unpaired) electrons. The molecule has 0 aromatic carbocycles. The molecule has 1 heterocycles. The highest BCUT2D eigenvalue weighted by Crippen LogP contribution is 2.23. The second-order valence-electron chi connectivity index (χ2n) is 5.36. The summed E-state index contributed by atoms with van der Waals surface area (Å²) in [6.07, 6.45) is 1.70. The highest BCUT2D eigenvalue weighted by molar-refractivity contribution is 5.82. The Bertz CT molecular complexity index is 280. The number of hydrogen-bond donors (Lipinski definition) is 0. The number of carbonyl (C=O) groups excluding carboxylic acids is 2. The third-order valence-electron chi connectivity index (χ3n) is 2.88. The normalized spacial score (nSPS) is 21.8. The monoisotopic (exact) mass is 227 g/mol. The summed E-state index contributed by atoms with van der Waals surface area (Å²) >= 11 is 0. The molecule has 0 aromatic heterocycles. The van der Waals surface area contributed by atoms with Crippen LogP contribution in [0.4, 0.5) is 0 Å². The average Bonchev–Trinajstić information content (AvgIpc) is 2.26. The van der Waals surface area contributed by atoms with Gasteiger partial charge in [0.1, 0.15) is 0 Å². The lowest BCUT2D eigenvalue weighted by Gasteiger charge is -2.35. The number of ether oxygens (including phenoxy) is 1. The van der Waals surface area contributed by atoms with Crippen molar-refractivity contribution in [3.8, 4) is 0 Å². The van der Waals surface area contributed by atoms with Gasteiger partial charge in [-0.05, 0) is 12.8 Å². The molecule has 1 fully saturated rings. The molecule has 4 nitrogen and oxygen atoms in total. The standard InChI is InChI=1S/C12H21NO3/c1-12(2,3)11(15)13-7-5-6-9(8-13)10(14)16-4/h9H,5-8H2,1-4H3. The summed E-state index contributed by atoms with van der Waals surface area (Å²) in [7, 11) is 1.40. The van der Waals surface area contributed by atoms with Crippen LogP contribution in [0.3, 0.4) is 0 Å². The first-order valence-corrected chi connectivity index (χ1v) is 5.73. The molecule has 1 aliphatic rings. The zero-order valence-corrected chi connectivity index (χ0v) is 10.6. The van der Waals surface area contributed by atoms with Crippen LogP contribution in [-0.2, 0) is 14.3 Å². The van der Waals surface area contributed by atoms with E-state index in [1.807, 2.05) is 20.8 Å². The summed E-state index contributed by atoms with van der Waals surface area (Å²) in [6.45, 7) is 6.96. The topological polar surface area (TPSA) is 46.6 Å². The van der Waals surface area contributed by atoms with Crippen molar-refractivity contribution < 1.29 is 14.3 Å². The molecule has 92 valence electrons. The number of methoxy groups -OCH3 is 1. The summed E-state index contributed by atoms with van der Waals surface area (Å²) in [5.74, 6) is -0.238. The fourth-order valence-electron chi connectivity index (χ4n) is 2.00. The summed E-state index contributed by atoms with van der Waals surface area (Å²) in [4.78, 5) is 25.3. The molecular formula is C12H21NO3. The molecule has 1 amide bonds. The quantitative estimate of drug-likeness (QED) is 0.637. The summed E-state index contributed by atoms with van der Waals surface area (Å²) in [5, 5.41) is 0. The third kappa shape index (κ3) is 2.97. The lowest BCUT2D eigenvalue weighted by Crippen LogP contribution is -2.46. The van der Waals surface area contributed by atoms with Crippen LogP contribution in [0.2, 0.25) is 0 Å². The molecule has 0 saturated carbocycles. The van der Waals surface area contributed by atoms with E-state index in [2.05, 4.69) is 0 Å². The first-order chi connectivity index (χ1) is 7.36. The first kappa shape index (κ1) is 13.0. The van der Waals surface area contributed by atoms with Gasteiger partial charge < -0.3 is 9.64 Å². The van der Waals surface area contributed by atoms with Gasteiger partial charge in [-0.15, -0.1) is 0 Å². The smallest absolute Gasteiger partial charge is 0.310 e. The molecule has 1 saturated heterocycles. The fraction of sp³-hybridized carbons (Fsp3) is 0.833. The van der Waals surface area contributed by atoms with E-state index in [1.54, 1.807) is 4.90 Å². The van der Waals surface area contributed by atoms with Gasteiger partial charge in [-0.25, -0.2) is 0 Å². The minimum atomic E-state index is -0.377. The van der Waals surface area contributed by atoms with Crippen molar-refractivity contribution in [2.24, 2.45) is 11.3 Å². The molecule has 1 rings (SSSR count). The number of piperidine rings is 1. The summed E-state index contributed by atoms with van der Waals surface area (Å²) in [5.41, 5.74) is -0.377. The van der Waals surface area contributed by atoms with Crippen LogP contribution < -0.4 is 0 Å². The van der Waals surface area contributed by atoms with Gasteiger partial charge in [0.25, 0.3) is 0 Å². The van der Waals surface area contributed by atoms with Crippen molar-refractivity contribution in [1.29, 1.82) is 0 Å². The molecule has 0 bridgehead atoms. The number of hydrogen-bond acceptors (Lipinski definition) is 3. The van der Waals surface area contributed by atoms with Gasteiger partial charge in [0.05, 0.1) is 13.0 Å². The number of likely N-dealkylation sites (tertiary alicyclic amines) is 1. The van der Waals surface area contributed by atoms with Crippen LogP contribution in [-0.4, -0.2) is 37.0 Å². The predicted octanol–water partition coefficient (Wildman–Crippen LogP) is 1.44. The minimum absolute atomic E-state index is 0.112. The van der Waals surface area contributed by atoms with Gasteiger partial charge in [-0.1, -0.05) is 20.8 Å². The number of rotatable bonds is 1. The van der Waals surface area contributed by atoms with Gasteiger partial charge in [-0.3, -0.25) is 9.59 Å². The van der Waals surface area contributed by atoms with E-state index in [9.17, 15) is 9.59 Å². The lowest BCUT2D eigenvalue weighted by molar-refractivity contribution is -0.150. The van der Waals surface area contributed by atoms with Gasteiger partial charge in [0.15, 0.2) is 0 Å². The van der Waals surface area contributed by atoms with Crippen LogP contribution in [0.15, 0.2) is 0 Å². The number of amides is 1. The predicted molar refractivity (Wildman–Crippen MR) is 60.8 cm³/mol. The van der Waals surface area contributed by atoms with E-state index >= 15 is 0 Å². The highest BCUT2D eigenvalue weighted by atomic mass is 16.5. The SMILES string of the molecule is COC(=O)C1CCCN(C(=O)C(C)(C)C)C1. The van der Waals surface area contributed by atoms with Crippen molar-refractivity contribution in [2.75, 3.05) is 20.2 Å². The molecule has 16 heavy (non-hydrogen) atoms. The van der Waals surface area contributed by atoms with Crippen molar-refractivity contribution in [3.05, 3.63) is 0 Å². The minimum Gasteiger partial charge on any atom is -0.469 e. The Labute approximate surface area is 96.9 Å². The zero-order valence-electron chi connectivity index (χ0n) is 10.6. The maximum absolute atomic E-state index is 12.0. The Kier molecular flexibility index (Phi) is 3.94. The van der Waals surface area contributed by atoms with E-state index in [1.165, 1.54) is 7.11 Å². The fourth-order valence-corrected chi connectivity index (χ4v) is 2.00. The molecule has 1 unspecified atom stereocenters. The van der Waals surface area contributed by atoms with E-state index in [0.717, 1.165) is 19.4 Å². The van der Waals surface area contributed by atoms with Crippen molar-refractivity contribution in [2.45, 2.75) is 33.6 Å². The maximum atomic E-state index is 12.0. The van der Waals surface area contributed by atoms with E-state index in [0.29, 0.717) is 6.54 Å². The van der Waals surface area contributed by atoms with Crippen molar-refractivity contribution in [1.82, 2.24) is 4.90 Å². The number of esters is 1. The Balaban J connectivity index is 2.64. The van der Waals surface area contributed by atoms with Gasteiger partial charge in [0.2, 0.25) is 5.91 Å². The van der Waals surface area contributed by atoms with Crippen LogP contribution >= 0.6 is 0 Å².